The lowest BCUT2D eigenvalue weighted by molar-refractivity contribution is -0.129. The van der Waals surface area contributed by atoms with Crippen molar-refractivity contribution in [2.24, 2.45) is 5.73 Å². The van der Waals surface area contributed by atoms with E-state index >= 15 is 0 Å². The largest absolute Gasteiger partial charge is 0.434 e. The number of nitrogens with one attached hydrogen (secondary N) is 1. The van der Waals surface area contributed by atoms with Crippen LogP contribution in [0, 0.1) is 0 Å². The number of rotatable bonds is 5. The zero-order valence-corrected chi connectivity index (χ0v) is 10.4. The molecule has 0 unspecified atom stereocenters. The van der Waals surface area contributed by atoms with E-state index in [0.29, 0.717) is 18.4 Å². The van der Waals surface area contributed by atoms with Crippen molar-refractivity contribution < 1.29 is 18.3 Å². The molecule has 6 heteroatoms. The summed E-state index contributed by atoms with van der Waals surface area (Å²) in [5.74, 6) is -0.178. The van der Waals surface area contributed by atoms with Gasteiger partial charge < -0.3 is 15.8 Å². The monoisotopic (exact) mass is 270 g/mol. The third-order valence-corrected chi connectivity index (χ3v) is 3.33. The maximum atomic E-state index is 12.2. The minimum absolute atomic E-state index is 0.0671. The molecular formula is C13H16F2N2O2. The fraction of sp³-hybridized carbons (Fsp3) is 0.462. The molecule has 3 N–H and O–H groups in total. The van der Waals surface area contributed by atoms with Gasteiger partial charge in [0.15, 0.2) is 0 Å². The topological polar surface area (TPSA) is 64.4 Å². The molecule has 1 aliphatic rings. The number of hydrogen-bond donors (Lipinski definition) is 2. The molecule has 0 aromatic heterocycles. The number of amides is 1. The maximum Gasteiger partial charge on any atom is 0.387 e. The van der Waals surface area contributed by atoms with Gasteiger partial charge in [-0.1, -0.05) is 18.2 Å². The number of hydrogen-bond acceptors (Lipinski definition) is 3. The fourth-order valence-corrected chi connectivity index (χ4v) is 2.00. The zero-order valence-electron chi connectivity index (χ0n) is 10.4. The van der Waals surface area contributed by atoms with E-state index < -0.39 is 12.2 Å². The van der Waals surface area contributed by atoms with Crippen LogP contribution >= 0.6 is 0 Å². The molecule has 1 aliphatic carbocycles. The Balaban J connectivity index is 1.97. The Hall–Kier alpha value is -1.69. The molecule has 1 amide bonds. The second-order valence-electron chi connectivity index (χ2n) is 4.68. The first kappa shape index (κ1) is 13.7. The molecule has 1 fully saturated rings. The highest BCUT2D eigenvalue weighted by Gasteiger charge is 2.39. The number of alkyl halides is 2. The van der Waals surface area contributed by atoms with Gasteiger partial charge in [0, 0.05) is 12.1 Å². The van der Waals surface area contributed by atoms with Crippen molar-refractivity contribution in [2.45, 2.75) is 38.0 Å². The van der Waals surface area contributed by atoms with E-state index in [0.717, 1.165) is 6.42 Å². The molecule has 1 saturated carbocycles. The summed E-state index contributed by atoms with van der Waals surface area (Å²) in [6.07, 6.45) is 2.26. The predicted molar refractivity (Wildman–Crippen MR) is 65.7 cm³/mol. The van der Waals surface area contributed by atoms with Crippen molar-refractivity contribution in [3.63, 3.8) is 0 Å². The summed E-state index contributed by atoms with van der Waals surface area (Å²) in [7, 11) is 0. The van der Waals surface area contributed by atoms with Crippen LogP contribution in [0.5, 0.6) is 5.75 Å². The fourth-order valence-electron chi connectivity index (χ4n) is 2.00. The molecule has 0 bridgehead atoms. The van der Waals surface area contributed by atoms with Crippen molar-refractivity contribution in [3.05, 3.63) is 29.8 Å². The minimum atomic E-state index is -2.88. The number of halogens is 2. The molecule has 19 heavy (non-hydrogen) atoms. The average molecular weight is 270 g/mol. The summed E-state index contributed by atoms with van der Waals surface area (Å²) in [5.41, 5.74) is 5.57. The normalized spacial score (nSPS) is 16.8. The van der Waals surface area contributed by atoms with Crippen LogP contribution in [0.4, 0.5) is 8.78 Å². The lowest BCUT2D eigenvalue weighted by Crippen LogP contribution is -2.58. The Bertz CT molecular complexity index is 462. The number of para-hydroxylation sites is 1. The molecule has 0 heterocycles. The lowest BCUT2D eigenvalue weighted by Gasteiger charge is -2.36. The Kier molecular flexibility index (Phi) is 3.99. The molecule has 1 aromatic rings. The van der Waals surface area contributed by atoms with Crippen LogP contribution < -0.4 is 15.8 Å². The van der Waals surface area contributed by atoms with Gasteiger partial charge in [-0.3, -0.25) is 4.79 Å². The van der Waals surface area contributed by atoms with E-state index in [-0.39, 0.29) is 18.2 Å². The molecule has 0 radical (unpaired) electrons. The van der Waals surface area contributed by atoms with Gasteiger partial charge in [-0.25, -0.2) is 0 Å². The highest BCUT2D eigenvalue weighted by Crippen LogP contribution is 2.29. The van der Waals surface area contributed by atoms with E-state index in [4.69, 9.17) is 5.73 Å². The molecule has 4 nitrogen and oxygen atoms in total. The van der Waals surface area contributed by atoms with E-state index in [9.17, 15) is 13.6 Å². The number of carbonyl (C=O) groups excluding carboxylic acids is 1. The third kappa shape index (κ3) is 3.20. The number of benzene rings is 1. The van der Waals surface area contributed by atoms with E-state index in [1.165, 1.54) is 6.07 Å². The summed E-state index contributed by atoms with van der Waals surface area (Å²) in [4.78, 5) is 11.8. The Morgan fingerprint density at radius 2 is 2.11 bits per heavy atom. The second-order valence-corrected chi connectivity index (χ2v) is 4.68. The number of nitrogens with two attached hydrogens (primary N) is 1. The van der Waals surface area contributed by atoms with E-state index in [1.807, 2.05) is 0 Å². The first-order valence-corrected chi connectivity index (χ1v) is 6.11. The van der Waals surface area contributed by atoms with Gasteiger partial charge in [-0.05, 0) is 25.3 Å². The van der Waals surface area contributed by atoms with Gasteiger partial charge in [0.1, 0.15) is 5.75 Å². The summed E-state index contributed by atoms with van der Waals surface area (Å²) in [6.45, 7) is -2.76. The molecule has 2 rings (SSSR count). The molecule has 0 aliphatic heterocycles. The second kappa shape index (κ2) is 5.52. The van der Waals surface area contributed by atoms with Gasteiger partial charge >= 0.3 is 6.61 Å². The Morgan fingerprint density at radius 1 is 1.42 bits per heavy atom. The molecule has 0 spiro atoms. The maximum absolute atomic E-state index is 12.2. The van der Waals surface area contributed by atoms with Crippen LogP contribution in [0.2, 0.25) is 0 Å². The van der Waals surface area contributed by atoms with Crippen molar-refractivity contribution in [3.8, 4) is 5.75 Å². The third-order valence-electron chi connectivity index (χ3n) is 3.33. The zero-order chi connectivity index (χ0) is 13.9. The highest BCUT2D eigenvalue weighted by molar-refractivity contribution is 5.87. The van der Waals surface area contributed by atoms with Gasteiger partial charge in [0.2, 0.25) is 5.91 Å². The molecular weight excluding hydrogens is 254 g/mol. The molecule has 1 aromatic carbocycles. The van der Waals surface area contributed by atoms with Gasteiger partial charge in [-0.15, -0.1) is 0 Å². The minimum Gasteiger partial charge on any atom is -0.434 e. The Morgan fingerprint density at radius 3 is 2.68 bits per heavy atom. The lowest BCUT2D eigenvalue weighted by atomic mass is 9.77. The van der Waals surface area contributed by atoms with E-state index in [2.05, 4.69) is 10.1 Å². The van der Waals surface area contributed by atoms with Crippen LogP contribution in [-0.4, -0.2) is 18.1 Å². The average Bonchev–Trinajstić information content (AvgIpc) is 2.34. The summed E-state index contributed by atoms with van der Waals surface area (Å²) < 4.78 is 28.8. The van der Waals surface area contributed by atoms with Crippen LogP contribution in [0.15, 0.2) is 24.3 Å². The van der Waals surface area contributed by atoms with Gasteiger partial charge in [-0.2, -0.15) is 8.78 Å². The van der Waals surface area contributed by atoms with Crippen molar-refractivity contribution in [1.82, 2.24) is 5.32 Å². The SMILES string of the molecule is NC1(C(=O)NCc2ccccc2OC(F)F)CCC1. The first-order valence-electron chi connectivity index (χ1n) is 6.11. The van der Waals surface area contributed by atoms with Crippen molar-refractivity contribution >= 4 is 5.91 Å². The summed E-state index contributed by atoms with van der Waals surface area (Å²) in [6, 6.07) is 6.36. The molecule has 104 valence electrons. The van der Waals surface area contributed by atoms with Crippen molar-refractivity contribution in [1.29, 1.82) is 0 Å². The van der Waals surface area contributed by atoms with Crippen LogP contribution in [0.25, 0.3) is 0 Å². The van der Waals surface area contributed by atoms with Gasteiger partial charge in [0.25, 0.3) is 0 Å². The molecule has 0 saturated heterocycles. The first-order chi connectivity index (χ1) is 9.01. The van der Waals surface area contributed by atoms with E-state index in [1.54, 1.807) is 18.2 Å². The summed E-state index contributed by atoms with van der Waals surface area (Å²) >= 11 is 0. The quantitative estimate of drug-likeness (QED) is 0.857. The van der Waals surface area contributed by atoms with Gasteiger partial charge in [0.05, 0.1) is 5.54 Å². The van der Waals surface area contributed by atoms with Crippen LogP contribution in [0.3, 0.4) is 0 Å². The Labute approximate surface area is 109 Å². The number of carbonyl (C=O) groups is 1. The van der Waals surface area contributed by atoms with Crippen molar-refractivity contribution in [2.75, 3.05) is 0 Å². The smallest absolute Gasteiger partial charge is 0.387 e. The molecule has 0 atom stereocenters. The highest BCUT2D eigenvalue weighted by atomic mass is 19.3. The van der Waals surface area contributed by atoms with Crippen LogP contribution in [0.1, 0.15) is 24.8 Å². The summed E-state index contributed by atoms with van der Waals surface area (Å²) in [5, 5.41) is 2.67. The predicted octanol–water partition coefficient (Wildman–Crippen LogP) is 1.79. The number of ether oxygens (including phenoxy) is 1. The standard InChI is InChI=1S/C13H16F2N2O2/c14-12(15)19-10-5-2-1-4-9(10)8-17-11(18)13(16)6-3-7-13/h1-2,4-5,12H,3,6-8,16H2,(H,17,18). The van der Waals surface area contributed by atoms with Crippen LogP contribution in [-0.2, 0) is 11.3 Å².